The molecule has 2 heterocycles. The number of benzene rings is 2. The van der Waals surface area contributed by atoms with Crippen molar-refractivity contribution in [2.45, 2.75) is 25.1 Å². The average Bonchev–Trinajstić information content (AvgIpc) is 3.38. The maximum Gasteiger partial charge on any atom is 0.416 e. The Balaban J connectivity index is 1.62. The topological polar surface area (TPSA) is 106 Å². The Morgan fingerprint density at radius 2 is 1.71 bits per heavy atom. The number of hydrogen-bond donors (Lipinski definition) is 2. The van der Waals surface area contributed by atoms with Crippen LogP contribution in [0, 0.1) is 0 Å². The maximum atomic E-state index is 13.3. The second kappa shape index (κ2) is 9.75. The lowest BCUT2D eigenvalue weighted by molar-refractivity contribution is -0.141. The van der Waals surface area contributed by atoms with Crippen LogP contribution in [0.3, 0.4) is 0 Å². The number of likely N-dealkylation sites (tertiary alicyclic amines) is 1. The first-order chi connectivity index (χ1) is 16.6. The number of aliphatic hydroxyl groups is 1. The van der Waals surface area contributed by atoms with Gasteiger partial charge in [0.15, 0.2) is 6.10 Å². The van der Waals surface area contributed by atoms with Crippen LogP contribution < -0.4 is 10.5 Å². The number of ether oxygens (including phenoxy) is 1. The van der Waals surface area contributed by atoms with Crippen molar-refractivity contribution in [3.63, 3.8) is 0 Å². The molecule has 1 saturated heterocycles. The number of rotatable bonds is 6. The fourth-order valence-electron chi connectivity index (χ4n) is 3.83. The molecule has 2 aromatic carbocycles. The minimum absolute atomic E-state index is 0.0698. The zero-order valence-electron chi connectivity index (χ0n) is 18.5. The van der Waals surface area contributed by atoms with Crippen LogP contribution in [0.15, 0.2) is 60.7 Å². The highest BCUT2D eigenvalue weighted by molar-refractivity contribution is 5.91. The number of halogens is 3. The summed E-state index contributed by atoms with van der Waals surface area (Å²) in [6.07, 6.45) is -4.91. The van der Waals surface area contributed by atoms with E-state index in [-0.39, 0.29) is 22.8 Å². The molecule has 0 aliphatic carbocycles. The lowest BCUT2D eigenvalue weighted by Crippen LogP contribution is -2.32. The van der Waals surface area contributed by atoms with Crippen molar-refractivity contribution in [2.24, 2.45) is 5.73 Å². The van der Waals surface area contributed by atoms with Gasteiger partial charge < -0.3 is 20.5 Å². The highest BCUT2D eigenvalue weighted by atomic mass is 19.4. The molecule has 35 heavy (non-hydrogen) atoms. The molecular formula is C25H22F3N3O4. The number of aliphatic hydroxyl groups excluding tert-OH is 1. The molecule has 7 nitrogen and oxygen atoms in total. The quantitative estimate of drug-likeness (QED) is 0.541. The van der Waals surface area contributed by atoms with E-state index >= 15 is 0 Å². The fourth-order valence-corrected chi connectivity index (χ4v) is 3.83. The van der Waals surface area contributed by atoms with Crippen LogP contribution in [0.1, 0.15) is 40.6 Å². The lowest BCUT2D eigenvalue weighted by atomic mass is 10.0. The number of amides is 2. The van der Waals surface area contributed by atoms with E-state index in [1.807, 2.05) is 0 Å². The van der Waals surface area contributed by atoms with Crippen LogP contribution in [0.25, 0.3) is 11.3 Å². The third-order valence-electron chi connectivity index (χ3n) is 5.66. The minimum atomic E-state index is -4.65. The van der Waals surface area contributed by atoms with Gasteiger partial charge in [-0.25, -0.2) is 4.98 Å². The molecule has 10 heteroatoms. The van der Waals surface area contributed by atoms with Crippen LogP contribution in [-0.4, -0.2) is 39.9 Å². The summed E-state index contributed by atoms with van der Waals surface area (Å²) in [5, 5.41) is 10.7. The molecule has 1 aliphatic heterocycles. The Kier molecular flexibility index (Phi) is 6.74. The van der Waals surface area contributed by atoms with Crippen LogP contribution in [-0.2, 0) is 11.0 Å². The van der Waals surface area contributed by atoms with Gasteiger partial charge in [-0.3, -0.25) is 9.59 Å². The second-order valence-electron chi connectivity index (χ2n) is 8.08. The van der Waals surface area contributed by atoms with Gasteiger partial charge in [0.25, 0.3) is 11.8 Å². The number of pyridine rings is 1. The molecule has 1 aromatic heterocycles. The number of primary amides is 1. The van der Waals surface area contributed by atoms with E-state index < -0.39 is 29.7 Å². The largest absolute Gasteiger partial charge is 0.457 e. The van der Waals surface area contributed by atoms with Crippen molar-refractivity contribution in [3.05, 3.63) is 77.5 Å². The van der Waals surface area contributed by atoms with E-state index in [4.69, 9.17) is 10.5 Å². The van der Waals surface area contributed by atoms with Gasteiger partial charge in [-0.1, -0.05) is 6.07 Å². The maximum absolute atomic E-state index is 13.3. The number of hydrogen-bond acceptors (Lipinski definition) is 5. The number of carbonyl (C=O) groups excluding carboxylic acids is 2. The summed E-state index contributed by atoms with van der Waals surface area (Å²) < 4.78 is 45.7. The van der Waals surface area contributed by atoms with Crippen LogP contribution >= 0.6 is 0 Å². The smallest absolute Gasteiger partial charge is 0.416 e. The molecule has 0 saturated carbocycles. The number of nitrogens with two attached hydrogens (primary N) is 1. The molecule has 182 valence electrons. The zero-order valence-corrected chi connectivity index (χ0v) is 18.5. The minimum Gasteiger partial charge on any atom is -0.457 e. The van der Waals surface area contributed by atoms with Gasteiger partial charge in [-0.15, -0.1) is 0 Å². The standard InChI is InChI=1S/C25H22F3N3O4/c26-25(27,28)16-8-11-21(18(14-16)22(32)24(34)31-12-1-2-13-31)35-17-9-6-15(7-10-17)19-4-3-5-20(30-19)23(29)33/h3-11,14,22,32H,1-2,12-13H2,(H2,29,33). The monoisotopic (exact) mass is 485 g/mol. The van der Waals surface area contributed by atoms with Gasteiger partial charge in [-0.2, -0.15) is 13.2 Å². The van der Waals surface area contributed by atoms with Crippen molar-refractivity contribution >= 4 is 11.8 Å². The lowest BCUT2D eigenvalue weighted by Gasteiger charge is -2.22. The van der Waals surface area contributed by atoms with Crippen molar-refractivity contribution in [2.75, 3.05) is 13.1 Å². The number of alkyl halides is 3. The third kappa shape index (κ3) is 5.43. The van der Waals surface area contributed by atoms with Gasteiger partial charge >= 0.3 is 6.18 Å². The summed E-state index contributed by atoms with van der Waals surface area (Å²) in [6.45, 7) is 0.884. The van der Waals surface area contributed by atoms with Crippen LogP contribution in [0.4, 0.5) is 13.2 Å². The molecule has 1 unspecified atom stereocenters. The highest BCUT2D eigenvalue weighted by Gasteiger charge is 2.34. The van der Waals surface area contributed by atoms with E-state index in [0.717, 1.165) is 31.0 Å². The normalized spacial score (nSPS) is 14.6. The highest BCUT2D eigenvalue weighted by Crippen LogP contribution is 2.37. The molecule has 1 aliphatic rings. The Morgan fingerprint density at radius 3 is 2.34 bits per heavy atom. The van der Waals surface area contributed by atoms with Crippen LogP contribution in [0.2, 0.25) is 0 Å². The molecule has 1 atom stereocenters. The molecule has 2 amide bonds. The first-order valence-electron chi connectivity index (χ1n) is 10.9. The third-order valence-corrected chi connectivity index (χ3v) is 5.66. The summed E-state index contributed by atoms with van der Waals surface area (Å²) in [6, 6.07) is 13.9. The second-order valence-corrected chi connectivity index (χ2v) is 8.08. The molecular weight excluding hydrogens is 463 g/mol. The van der Waals surface area contributed by atoms with Gasteiger partial charge in [0.1, 0.15) is 17.2 Å². The van der Waals surface area contributed by atoms with Crippen molar-refractivity contribution in [1.82, 2.24) is 9.88 Å². The van der Waals surface area contributed by atoms with E-state index in [0.29, 0.717) is 24.3 Å². The van der Waals surface area contributed by atoms with E-state index in [1.165, 1.54) is 11.0 Å². The summed E-state index contributed by atoms with van der Waals surface area (Å²) in [5.41, 5.74) is 5.26. The SMILES string of the molecule is NC(=O)c1cccc(-c2ccc(Oc3ccc(C(F)(F)F)cc3C(O)C(=O)N3CCCC3)cc2)n1. The summed E-state index contributed by atoms with van der Waals surface area (Å²) in [5.74, 6) is -1.13. The summed E-state index contributed by atoms with van der Waals surface area (Å²) >= 11 is 0. The number of nitrogens with zero attached hydrogens (tertiary/aromatic N) is 2. The molecule has 1 fully saturated rings. The molecule has 0 spiro atoms. The molecule has 0 radical (unpaired) electrons. The van der Waals surface area contributed by atoms with Crippen molar-refractivity contribution < 1.29 is 32.6 Å². The molecule has 3 aromatic rings. The van der Waals surface area contributed by atoms with Gasteiger partial charge in [0.2, 0.25) is 0 Å². The average molecular weight is 485 g/mol. The van der Waals surface area contributed by atoms with E-state index in [1.54, 1.807) is 36.4 Å². The molecule has 4 rings (SSSR count). The summed E-state index contributed by atoms with van der Waals surface area (Å²) in [7, 11) is 0. The number of carbonyl (C=O) groups is 2. The number of aromatic nitrogens is 1. The molecule has 0 bridgehead atoms. The Bertz CT molecular complexity index is 1240. The van der Waals surface area contributed by atoms with Gasteiger partial charge in [0, 0.05) is 24.2 Å². The van der Waals surface area contributed by atoms with Gasteiger partial charge in [-0.05, 0) is 67.4 Å². The zero-order chi connectivity index (χ0) is 25.2. The Hall–Kier alpha value is -3.92. The van der Waals surface area contributed by atoms with Crippen molar-refractivity contribution in [3.8, 4) is 22.8 Å². The van der Waals surface area contributed by atoms with Crippen LogP contribution in [0.5, 0.6) is 11.5 Å². The Labute approximate surface area is 199 Å². The first kappa shape index (κ1) is 24.2. The van der Waals surface area contributed by atoms with E-state index in [9.17, 15) is 27.9 Å². The predicted octanol–water partition coefficient (Wildman–Crippen LogP) is 4.31. The fraction of sp³-hybridized carbons (Fsp3) is 0.240. The predicted molar refractivity (Wildman–Crippen MR) is 120 cm³/mol. The van der Waals surface area contributed by atoms with Crippen molar-refractivity contribution in [1.29, 1.82) is 0 Å². The summed E-state index contributed by atoms with van der Waals surface area (Å²) in [4.78, 5) is 29.7. The Morgan fingerprint density at radius 1 is 1.03 bits per heavy atom. The molecule has 3 N–H and O–H groups in total. The van der Waals surface area contributed by atoms with Gasteiger partial charge in [0.05, 0.1) is 11.3 Å². The first-order valence-corrected chi connectivity index (χ1v) is 10.9. The van der Waals surface area contributed by atoms with E-state index in [2.05, 4.69) is 4.98 Å².